The van der Waals surface area contributed by atoms with Crippen molar-refractivity contribution in [2.24, 2.45) is 0 Å². The standard InChI is InChI=1S/C13H14N4O/c14-6-8-17(9-7-15)13(18)5-4-11-2-1-3-12(16)10-11/h1-3,10H,4-5,8-9,16H2. The molecule has 0 aliphatic carbocycles. The van der Waals surface area contributed by atoms with Crippen LogP contribution in [0.1, 0.15) is 12.0 Å². The van der Waals surface area contributed by atoms with Gasteiger partial charge in [-0.3, -0.25) is 4.79 Å². The summed E-state index contributed by atoms with van der Waals surface area (Å²) in [6, 6.07) is 11.1. The fraction of sp³-hybridized carbons (Fsp3) is 0.308. The normalized spacial score (nSPS) is 9.22. The zero-order valence-electron chi connectivity index (χ0n) is 9.97. The zero-order chi connectivity index (χ0) is 13.4. The second-order valence-corrected chi connectivity index (χ2v) is 3.81. The fourth-order valence-electron chi connectivity index (χ4n) is 1.56. The van der Waals surface area contributed by atoms with Crippen molar-refractivity contribution in [3.05, 3.63) is 29.8 Å². The highest BCUT2D eigenvalue weighted by molar-refractivity contribution is 5.77. The molecule has 0 saturated heterocycles. The number of anilines is 1. The lowest BCUT2D eigenvalue weighted by molar-refractivity contribution is -0.130. The smallest absolute Gasteiger partial charge is 0.224 e. The van der Waals surface area contributed by atoms with Gasteiger partial charge in [0.15, 0.2) is 0 Å². The summed E-state index contributed by atoms with van der Waals surface area (Å²) < 4.78 is 0. The Morgan fingerprint density at radius 2 is 1.94 bits per heavy atom. The Labute approximate surface area is 106 Å². The summed E-state index contributed by atoms with van der Waals surface area (Å²) in [6.07, 6.45) is 0.823. The summed E-state index contributed by atoms with van der Waals surface area (Å²) in [6.45, 7) is -0.105. The van der Waals surface area contributed by atoms with Crippen molar-refractivity contribution in [3.63, 3.8) is 0 Å². The van der Waals surface area contributed by atoms with Crippen LogP contribution in [-0.2, 0) is 11.2 Å². The molecule has 1 rings (SSSR count). The van der Waals surface area contributed by atoms with Crippen LogP contribution >= 0.6 is 0 Å². The van der Waals surface area contributed by atoms with Gasteiger partial charge < -0.3 is 10.6 Å². The van der Waals surface area contributed by atoms with E-state index in [4.69, 9.17) is 16.3 Å². The van der Waals surface area contributed by atoms with Crippen molar-refractivity contribution < 1.29 is 4.79 Å². The van der Waals surface area contributed by atoms with E-state index in [1.165, 1.54) is 4.90 Å². The Hall–Kier alpha value is -2.53. The second kappa shape index (κ2) is 6.93. The lowest BCUT2D eigenvalue weighted by Crippen LogP contribution is -2.31. The summed E-state index contributed by atoms with van der Waals surface area (Å²) in [4.78, 5) is 13.0. The molecule has 0 bridgehead atoms. The molecule has 0 unspecified atom stereocenters. The highest BCUT2D eigenvalue weighted by Gasteiger charge is 2.12. The van der Waals surface area contributed by atoms with Crippen molar-refractivity contribution in [2.75, 3.05) is 18.8 Å². The number of benzene rings is 1. The minimum Gasteiger partial charge on any atom is -0.399 e. The quantitative estimate of drug-likeness (QED) is 0.617. The zero-order valence-corrected chi connectivity index (χ0v) is 9.97. The second-order valence-electron chi connectivity index (χ2n) is 3.81. The molecule has 5 nitrogen and oxygen atoms in total. The van der Waals surface area contributed by atoms with Gasteiger partial charge in [0.2, 0.25) is 5.91 Å². The summed E-state index contributed by atoms with van der Waals surface area (Å²) in [5, 5.41) is 17.1. The lowest BCUT2D eigenvalue weighted by Gasteiger charge is -2.15. The predicted octanol–water partition coefficient (Wildman–Crippen LogP) is 1.08. The number of hydrogen-bond donors (Lipinski definition) is 1. The first-order valence-electron chi connectivity index (χ1n) is 5.53. The maximum Gasteiger partial charge on any atom is 0.224 e. The summed E-state index contributed by atoms with van der Waals surface area (Å²) in [5.74, 6) is -0.194. The topological polar surface area (TPSA) is 93.9 Å². The average molecular weight is 242 g/mol. The van der Waals surface area contributed by atoms with Gasteiger partial charge >= 0.3 is 0 Å². The van der Waals surface area contributed by atoms with Gasteiger partial charge in [-0.05, 0) is 24.1 Å². The third-order valence-electron chi connectivity index (χ3n) is 2.45. The number of carbonyl (C=O) groups excluding carboxylic acids is 1. The monoisotopic (exact) mass is 242 g/mol. The van der Waals surface area contributed by atoms with E-state index in [1.54, 1.807) is 6.07 Å². The van der Waals surface area contributed by atoms with Crippen molar-refractivity contribution in [2.45, 2.75) is 12.8 Å². The van der Waals surface area contributed by atoms with Gasteiger partial charge in [0.1, 0.15) is 13.1 Å². The van der Waals surface area contributed by atoms with E-state index >= 15 is 0 Å². The van der Waals surface area contributed by atoms with Gasteiger partial charge in [0.25, 0.3) is 0 Å². The van der Waals surface area contributed by atoms with Crippen LogP contribution in [0.15, 0.2) is 24.3 Å². The highest BCUT2D eigenvalue weighted by atomic mass is 16.2. The van der Waals surface area contributed by atoms with Crippen LogP contribution in [0.25, 0.3) is 0 Å². The first-order valence-corrected chi connectivity index (χ1v) is 5.53. The van der Waals surface area contributed by atoms with Gasteiger partial charge in [-0.15, -0.1) is 0 Å². The van der Waals surface area contributed by atoms with Crippen LogP contribution in [0, 0.1) is 22.7 Å². The molecule has 1 aromatic carbocycles. The Bertz CT molecular complexity index is 482. The predicted molar refractivity (Wildman–Crippen MR) is 67.0 cm³/mol. The van der Waals surface area contributed by atoms with Crippen LogP contribution < -0.4 is 5.73 Å². The summed E-state index contributed by atoms with van der Waals surface area (Å²) in [5.41, 5.74) is 7.27. The van der Waals surface area contributed by atoms with E-state index in [0.29, 0.717) is 12.1 Å². The molecule has 18 heavy (non-hydrogen) atoms. The molecule has 0 fully saturated rings. The van der Waals surface area contributed by atoms with E-state index in [1.807, 2.05) is 30.3 Å². The maximum absolute atomic E-state index is 11.8. The van der Waals surface area contributed by atoms with Crippen molar-refractivity contribution in [1.82, 2.24) is 4.90 Å². The van der Waals surface area contributed by atoms with Gasteiger partial charge in [-0.25, -0.2) is 0 Å². The Morgan fingerprint density at radius 3 is 2.50 bits per heavy atom. The third-order valence-corrected chi connectivity index (χ3v) is 2.45. The number of nitrogen functional groups attached to an aromatic ring is 1. The molecular weight excluding hydrogens is 228 g/mol. The van der Waals surface area contributed by atoms with Gasteiger partial charge in [-0.2, -0.15) is 10.5 Å². The van der Waals surface area contributed by atoms with Crippen LogP contribution in [-0.4, -0.2) is 23.9 Å². The molecule has 0 aromatic heterocycles. The van der Waals surface area contributed by atoms with E-state index in [-0.39, 0.29) is 25.4 Å². The molecular formula is C13H14N4O. The molecule has 0 atom stereocenters. The van der Waals surface area contributed by atoms with E-state index in [0.717, 1.165) is 5.56 Å². The van der Waals surface area contributed by atoms with Crippen LogP contribution in [0.4, 0.5) is 5.69 Å². The Morgan fingerprint density at radius 1 is 1.28 bits per heavy atom. The maximum atomic E-state index is 11.8. The lowest BCUT2D eigenvalue weighted by atomic mass is 10.1. The van der Waals surface area contributed by atoms with Gasteiger partial charge in [0.05, 0.1) is 12.1 Å². The van der Waals surface area contributed by atoms with E-state index in [2.05, 4.69) is 0 Å². The molecule has 1 aromatic rings. The largest absolute Gasteiger partial charge is 0.399 e. The summed E-state index contributed by atoms with van der Waals surface area (Å²) in [7, 11) is 0. The van der Waals surface area contributed by atoms with Crippen molar-refractivity contribution >= 4 is 11.6 Å². The molecule has 0 aliphatic rings. The minimum absolute atomic E-state index is 0.0523. The first kappa shape index (κ1) is 13.5. The number of rotatable bonds is 5. The number of nitrogens with two attached hydrogens (primary N) is 1. The molecule has 1 amide bonds. The highest BCUT2D eigenvalue weighted by Crippen LogP contribution is 2.09. The fourth-order valence-corrected chi connectivity index (χ4v) is 1.56. The van der Waals surface area contributed by atoms with Gasteiger partial charge in [0, 0.05) is 12.1 Å². The van der Waals surface area contributed by atoms with Crippen LogP contribution in [0.3, 0.4) is 0 Å². The first-order chi connectivity index (χ1) is 8.67. The van der Waals surface area contributed by atoms with Crippen molar-refractivity contribution in [3.8, 4) is 12.1 Å². The summed E-state index contributed by atoms with van der Waals surface area (Å²) >= 11 is 0. The third kappa shape index (κ3) is 4.15. The molecule has 92 valence electrons. The molecule has 0 aliphatic heterocycles. The molecule has 0 saturated carbocycles. The molecule has 2 N–H and O–H groups in total. The number of aryl methyl sites for hydroxylation is 1. The average Bonchev–Trinajstić information content (AvgIpc) is 2.36. The number of amides is 1. The van der Waals surface area contributed by atoms with E-state index < -0.39 is 0 Å². The van der Waals surface area contributed by atoms with Gasteiger partial charge in [-0.1, -0.05) is 12.1 Å². The Kier molecular flexibility index (Phi) is 5.21. The van der Waals surface area contributed by atoms with Crippen LogP contribution in [0.2, 0.25) is 0 Å². The molecule has 0 heterocycles. The molecule has 0 radical (unpaired) electrons. The number of nitrogens with zero attached hydrogens (tertiary/aromatic N) is 3. The number of hydrogen-bond acceptors (Lipinski definition) is 4. The number of carbonyl (C=O) groups is 1. The minimum atomic E-state index is -0.194. The van der Waals surface area contributed by atoms with E-state index in [9.17, 15) is 4.79 Å². The Balaban J connectivity index is 2.54. The number of nitriles is 2. The molecule has 5 heteroatoms. The van der Waals surface area contributed by atoms with Crippen molar-refractivity contribution in [1.29, 1.82) is 10.5 Å². The van der Waals surface area contributed by atoms with Crippen LogP contribution in [0.5, 0.6) is 0 Å². The molecule has 0 spiro atoms. The SMILES string of the molecule is N#CCN(CC#N)C(=O)CCc1cccc(N)c1.